The minimum Gasteiger partial charge on any atom is -0.329 e. The topological polar surface area (TPSA) is 54.5 Å². The van der Waals surface area contributed by atoms with E-state index in [1.54, 1.807) is 6.20 Å². The molecular weight excluding hydrogens is 164 g/mol. The molecule has 2 heterocycles. The number of imidazole rings is 1. The largest absolute Gasteiger partial charge is 0.329 e. The van der Waals surface area contributed by atoms with E-state index in [-0.39, 0.29) is 0 Å². The van der Waals surface area contributed by atoms with Gasteiger partial charge in [0, 0.05) is 13.2 Å². The lowest BCUT2D eigenvalue weighted by Gasteiger charge is -1.95. The van der Waals surface area contributed by atoms with Crippen molar-refractivity contribution in [3.63, 3.8) is 0 Å². The van der Waals surface area contributed by atoms with Crippen LogP contribution in [0.3, 0.4) is 0 Å². The van der Waals surface area contributed by atoms with Gasteiger partial charge in [-0.05, 0) is 12.1 Å². The third-order valence-corrected chi connectivity index (χ3v) is 1.99. The minimum atomic E-state index is 0.326. The Morgan fingerprint density at radius 3 is 3.15 bits per heavy atom. The Morgan fingerprint density at radius 2 is 2.46 bits per heavy atom. The number of hydrogen-bond acceptors (Lipinski definition) is 3. The van der Waals surface area contributed by atoms with Crippen molar-refractivity contribution in [1.29, 1.82) is 5.26 Å². The van der Waals surface area contributed by atoms with Gasteiger partial charge in [-0.1, -0.05) is 0 Å². The zero-order chi connectivity index (χ0) is 9.26. The molecule has 4 heteroatoms. The number of aryl methyl sites for hydroxylation is 1. The fourth-order valence-electron chi connectivity index (χ4n) is 1.30. The molecule has 2 rings (SSSR count). The maximum atomic E-state index is 8.55. The second-order valence-electron chi connectivity index (χ2n) is 2.77. The number of rotatable bonds is 1. The Hall–Kier alpha value is -1.89. The van der Waals surface area contributed by atoms with Crippen LogP contribution in [0.1, 0.15) is 5.82 Å². The minimum absolute atomic E-state index is 0.326. The summed E-state index contributed by atoms with van der Waals surface area (Å²) in [4.78, 5) is 8.33. The van der Waals surface area contributed by atoms with Gasteiger partial charge < -0.3 is 4.57 Å². The molecule has 64 valence electrons. The lowest BCUT2D eigenvalue weighted by molar-refractivity contribution is 0.857. The molecule has 0 atom stereocenters. The Kier molecular flexibility index (Phi) is 1.71. The summed E-state index contributed by atoms with van der Waals surface area (Å²) >= 11 is 0. The summed E-state index contributed by atoms with van der Waals surface area (Å²) in [5.41, 5.74) is 1.67. The van der Waals surface area contributed by atoms with E-state index in [0.717, 1.165) is 11.3 Å². The van der Waals surface area contributed by atoms with Gasteiger partial charge in [0.05, 0.1) is 18.0 Å². The first-order valence-corrected chi connectivity index (χ1v) is 3.96. The SMILES string of the molecule is Cn1c(CC#N)nc2ncccc21. The zero-order valence-electron chi connectivity index (χ0n) is 7.23. The van der Waals surface area contributed by atoms with Crippen LogP contribution in [0.25, 0.3) is 11.2 Å². The van der Waals surface area contributed by atoms with E-state index >= 15 is 0 Å². The van der Waals surface area contributed by atoms with Gasteiger partial charge in [-0.2, -0.15) is 5.26 Å². The van der Waals surface area contributed by atoms with Crippen LogP contribution in [0.4, 0.5) is 0 Å². The third-order valence-electron chi connectivity index (χ3n) is 1.99. The molecular formula is C9H8N4. The van der Waals surface area contributed by atoms with Crippen molar-refractivity contribution in [3.8, 4) is 6.07 Å². The van der Waals surface area contributed by atoms with E-state index in [0.29, 0.717) is 12.1 Å². The molecule has 0 bridgehead atoms. The van der Waals surface area contributed by atoms with Crippen LogP contribution in [-0.2, 0) is 13.5 Å². The van der Waals surface area contributed by atoms with Crippen molar-refractivity contribution in [3.05, 3.63) is 24.2 Å². The summed E-state index contributed by atoms with van der Waals surface area (Å²) in [5.74, 6) is 0.760. The number of nitrogens with zero attached hydrogens (tertiary/aromatic N) is 4. The second kappa shape index (κ2) is 2.87. The lowest BCUT2D eigenvalue weighted by atomic mass is 10.4. The monoisotopic (exact) mass is 172 g/mol. The van der Waals surface area contributed by atoms with Gasteiger partial charge in [-0.15, -0.1) is 0 Å². The van der Waals surface area contributed by atoms with Crippen LogP contribution in [0.2, 0.25) is 0 Å². The lowest BCUT2D eigenvalue weighted by Crippen LogP contribution is -1.95. The Morgan fingerprint density at radius 1 is 1.62 bits per heavy atom. The highest BCUT2D eigenvalue weighted by molar-refractivity contribution is 5.71. The highest BCUT2D eigenvalue weighted by Gasteiger charge is 2.06. The number of hydrogen-bond donors (Lipinski definition) is 0. The summed E-state index contributed by atoms with van der Waals surface area (Å²) in [7, 11) is 1.89. The van der Waals surface area contributed by atoms with Crippen LogP contribution in [-0.4, -0.2) is 14.5 Å². The fraction of sp³-hybridized carbons (Fsp3) is 0.222. The molecule has 0 amide bonds. The first-order valence-electron chi connectivity index (χ1n) is 3.96. The fourth-order valence-corrected chi connectivity index (χ4v) is 1.30. The van der Waals surface area contributed by atoms with Gasteiger partial charge in [0.15, 0.2) is 5.65 Å². The van der Waals surface area contributed by atoms with Crippen molar-refractivity contribution in [2.75, 3.05) is 0 Å². The predicted molar refractivity (Wildman–Crippen MR) is 47.8 cm³/mol. The third kappa shape index (κ3) is 1.14. The Labute approximate surface area is 75.5 Å². The molecule has 13 heavy (non-hydrogen) atoms. The van der Waals surface area contributed by atoms with Crippen molar-refractivity contribution < 1.29 is 0 Å². The molecule has 2 aromatic rings. The summed E-state index contributed by atoms with van der Waals surface area (Å²) in [6.07, 6.45) is 2.03. The summed E-state index contributed by atoms with van der Waals surface area (Å²) in [6, 6.07) is 5.88. The van der Waals surface area contributed by atoms with E-state index in [9.17, 15) is 0 Å². The molecule has 0 unspecified atom stereocenters. The summed E-state index contributed by atoms with van der Waals surface area (Å²) in [5, 5.41) is 8.55. The van der Waals surface area contributed by atoms with Crippen molar-refractivity contribution >= 4 is 11.2 Å². The van der Waals surface area contributed by atoms with E-state index < -0.39 is 0 Å². The molecule has 0 spiro atoms. The van der Waals surface area contributed by atoms with Crippen LogP contribution in [0.15, 0.2) is 18.3 Å². The maximum Gasteiger partial charge on any atom is 0.177 e. The van der Waals surface area contributed by atoms with Crippen molar-refractivity contribution in [2.24, 2.45) is 7.05 Å². The Bertz CT molecular complexity index is 478. The highest BCUT2D eigenvalue weighted by atomic mass is 15.1. The molecule has 0 aliphatic heterocycles. The summed E-state index contributed by atoms with van der Waals surface area (Å²) < 4.78 is 1.89. The molecule has 0 aromatic carbocycles. The van der Waals surface area contributed by atoms with Crippen LogP contribution < -0.4 is 0 Å². The molecule has 0 radical (unpaired) electrons. The quantitative estimate of drug-likeness (QED) is 0.645. The number of pyridine rings is 1. The molecule has 0 saturated carbocycles. The van der Waals surface area contributed by atoms with Gasteiger partial charge in [0.25, 0.3) is 0 Å². The summed E-state index contributed by atoms with van der Waals surface area (Å²) in [6.45, 7) is 0. The molecule has 0 aliphatic carbocycles. The smallest absolute Gasteiger partial charge is 0.177 e. The van der Waals surface area contributed by atoms with Crippen LogP contribution in [0, 0.1) is 11.3 Å². The maximum absolute atomic E-state index is 8.55. The normalized spacial score (nSPS) is 10.2. The van der Waals surface area contributed by atoms with Crippen LogP contribution >= 0.6 is 0 Å². The average Bonchev–Trinajstić information content (AvgIpc) is 2.46. The molecule has 0 N–H and O–H groups in total. The van der Waals surface area contributed by atoms with Gasteiger partial charge in [0.1, 0.15) is 5.82 Å². The van der Waals surface area contributed by atoms with Gasteiger partial charge in [-0.25, -0.2) is 9.97 Å². The number of aromatic nitrogens is 3. The molecule has 0 fully saturated rings. The predicted octanol–water partition coefficient (Wildman–Crippen LogP) is 1.03. The number of nitriles is 1. The van der Waals surface area contributed by atoms with Crippen LogP contribution in [0.5, 0.6) is 0 Å². The first kappa shape index (κ1) is 7.74. The van der Waals surface area contributed by atoms with E-state index in [4.69, 9.17) is 5.26 Å². The standard InChI is InChI=1S/C9H8N4/c1-13-7-3-2-6-11-9(7)12-8(13)4-5-10/h2-3,6H,4H2,1H3. The van der Waals surface area contributed by atoms with E-state index in [1.165, 1.54) is 0 Å². The molecule has 0 saturated heterocycles. The highest BCUT2D eigenvalue weighted by Crippen LogP contribution is 2.11. The van der Waals surface area contributed by atoms with Crippen molar-refractivity contribution in [2.45, 2.75) is 6.42 Å². The second-order valence-corrected chi connectivity index (χ2v) is 2.77. The Balaban J connectivity index is 2.68. The van der Waals surface area contributed by atoms with E-state index in [1.807, 2.05) is 23.7 Å². The van der Waals surface area contributed by atoms with Gasteiger partial charge in [-0.3, -0.25) is 0 Å². The zero-order valence-corrected chi connectivity index (χ0v) is 7.23. The average molecular weight is 172 g/mol. The van der Waals surface area contributed by atoms with E-state index in [2.05, 4.69) is 16.0 Å². The van der Waals surface area contributed by atoms with Gasteiger partial charge >= 0.3 is 0 Å². The molecule has 2 aromatic heterocycles. The first-order chi connectivity index (χ1) is 6.33. The molecule has 4 nitrogen and oxygen atoms in total. The number of fused-ring (bicyclic) bond motifs is 1. The van der Waals surface area contributed by atoms with Crippen molar-refractivity contribution in [1.82, 2.24) is 14.5 Å². The molecule has 0 aliphatic rings. The van der Waals surface area contributed by atoms with Gasteiger partial charge in [0.2, 0.25) is 0 Å².